The van der Waals surface area contributed by atoms with E-state index < -0.39 is 6.10 Å². The number of amides is 2. The zero-order valence-corrected chi connectivity index (χ0v) is 15.3. The molecule has 1 heterocycles. The Morgan fingerprint density at radius 3 is 2.60 bits per heavy atom. The Hall–Kier alpha value is -2.14. The highest BCUT2D eigenvalue weighted by molar-refractivity contribution is 5.94. The van der Waals surface area contributed by atoms with Gasteiger partial charge in [0.05, 0.1) is 6.10 Å². The van der Waals surface area contributed by atoms with Gasteiger partial charge in [0.2, 0.25) is 5.91 Å². The molecule has 1 saturated heterocycles. The Kier molecular flexibility index (Phi) is 6.76. The molecule has 5 heteroatoms. The van der Waals surface area contributed by atoms with Gasteiger partial charge < -0.3 is 15.3 Å². The van der Waals surface area contributed by atoms with E-state index >= 15 is 0 Å². The van der Waals surface area contributed by atoms with E-state index in [-0.39, 0.29) is 17.9 Å². The maximum absolute atomic E-state index is 12.7. The Morgan fingerprint density at radius 1 is 1.32 bits per heavy atom. The van der Waals surface area contributed by atoms with Crippen LogP contribution in [0.5, 0.6) is 0 Å². The molecule has 0 aliphatic carbocycles. The molecule has 1 aromatic rings. The van der Waals surface area contributed by atoms with Crippen LogP contribution < -0.4 is 5.32 Å². The third-order valence-corrected chi connectivity index (χ3v) is 4.34. The molecule has 2 unspecified atom stereocenters. The van der Waals surface area contributed by atoms with Crippen LogP contribution in [0, 0.1) is 0 Å². The first kappa shape index (κ1) is 19.2. The number of nitrogens with one attached hydrogen (secondary N) is 1. The molecule has 0 spiro atoms. The predicted octanol–water partition coefficient (Wildman–Crippen LogP) is 2.64. The van der Waals surface area contributed by atoms with E-state index in [2.05, 4.69) is 5.32 Å². The molecule has 2 amide bonds. The molecule has 1 aliphatic rings. The number of allylic oxidation sites excluding steroid dienone is 1. The summed E-state index contributed by atoms with van der Waals surface area (Å²) in [5, 5.41) is 12.4. The van der Waals surface area contributed by atoms with Crippen LogP contribution in [-0.2, 0) is 11.3 Å². The number of hydrogen-bond acceptors (Lipinski definition) is 3. The Bertz CT molecular complexity index is 631. The summed E-state index contributed by atoms with van der Waals surface area (Å²) in [5.41, 5.74) is 2.56. The van der Waals surface area contributed by atoms with Gasteiger partial charge in [-0.15, -0.1) is 0 Å². The van der Waals surface area contributed by atoms with Crippen LogP contribution >= 0.6 is 0 Å². The van der Waals surface area contributed by atoms with Gasteiger partial charge in [-0.2, -0.15) is 0 Å². The summed E-state index contributed by atoms with van der Waals surface area (Å²) in [6.07, 6.45) is 3.72. The van der Waals surface area contributed by atoms with Crippen molar-refractivity contribution in [3.63, 3.8) is 0 Å². The number of hydrogen-bond donors (Lipinski definition) is 2. The third-order valence-electron chi connectivity index (χ3n) is 4.34. The summed E-state index contributed by atoms with van der Waals surface area (Å²) in [4.78, 5) is 26.2. The molecule has 2 atom stereocenters. The lowest BCUT2D eigenvalue weighted by molar-refractivity contribution is -0.116. The first-order chi connectivity index (χ1) is 11.9. The van der Waals surface area contributed by atoms with E-state index in [9.17, 15) is 14.7 Å². The highest BCUT2D eigenvalue weighted by atomic mass is 16.3. The van der Waals surface area contributed by atoms with E-state index in [1.54, 1.807) is 13.0 Å². The predicted molar refractivity (Wildman–Crippen MR) is 98.1 cm³/mol. The zero-order valence-electron chi connectivity index (χ0n) is 15.3. The lowest BCUT2D eigenvalue weighted by Gasteiger charge is -2.25. The maximum atomic E-state index is 12.7. The minimum absolute atomic E-state index is 0.0169. The minimum atomic E-state index is -0.398. The highest BCUT2D eigenvalue weighted by Crippen LogP contribution is 2.23. The van der Waals surface area contributed by atoms with Crippen molar-refractivity contribution in [2.45, 2.75) is 58.7 Å². The summed E-state index contributed by atoms with van der Waals surface area (Å²) >= 11 is 0. The van der Waals surface area contributed by atoms with E-state index in [1.807, 2.05) is 43.0 Å². The lowest BCUT2D eigenvalue weighted by atomic mass is 10.1. The first-order valence-electron chi connectivity index (χ1n) is 8.87. The standard InChI is InChI=1S/C20H28N2O3/c1-14(2)11-19(24)21-13-16-6-8-17(9-7-16)20(25)22-10-4-5-18(22)12-15(3)23/h6-9,11,15,18,23H,4-5,10,12-13H2,1-3H3,(H,21,24). The Morgan fingerprint density at radius 2 is 2.00 bits per heavy atom. The molecule has 136 valence electrons. The van der Waals surface area contributed by atoms with E-state index in [0.29, 0.717) is 18.5 Å². The molecule has 1 aromatic carbocycles. The fraction of sp³-hybridized carbons (Fsp3) is 0.500. The number of rotatable bonds is 6. The molecule has 5 nitrogen and oxygen atoms in total. The molecule has 25 heavy (non-hydrogen) atoms. The number of aliphatic hydroxyl groups excluding tert-OH is 1. The van der Waals surface area contributed by atoms with Gasteiger partial charge in [-0.05, 0) is 57.7 Å². The molecule has 0 bridgehead atoms. The SMILES string of the molecule is CC(C)=CC(=O)NCc1ccc(C(=O)N2CCCC2CC(C)O)cc1. The number of benzene rings is 1. The second-order valence-corrected chi connectivity index (χ2v) is 7.02. The molecule has 0 radical (unpaired) electrons. The van der Waals surface area contributed by atoms with E-state index in [0.717, 1.165) is 30.5 Å². The first-order valence-corrected chi connectivity index (χ1v) is 8.87. The van der Waals surface area contributed by atoms with Gasteiger partial charge in [0, 0.05) is 30.8 Å². The van der Waals surface area contributed by atoms with E-state index in [4.69, 9.17) is 0 Å². The Labute approximate surface area is 149 Å². The number of carbonyl (C=O) groups is 2. The molecule has 2 rings (SSSR count). The molecule has 1 aliphatic heterocycles. The summed E-state index contributed by atoms with van der Waals surface area (Å²) in [7, 11) is 0. The highest BCUT2D eigenvalue weighted by Gasteiger charge is 2.30. The topological polar surface area (TPSA) is 69.6 Å². The quantitative estimate of drug-likeness (QED) is 0.780. The molecule has 0 aromatic heterocycles. The van der Waals surface area contributed by atoms with Crippen molar-refractivity contribution in [2.75, 3.05) is 6.54 Å². The van der Waals surface area contributed by atoms with Crippen LogP contribution in [0.25, 0.3) is 0 Å². The van der Waals surface area contributed by atoms with Crippen LogP contribution in [0.4, 0.5) is 0 Å². The van der Waals surface area contributed by atoms with Gasteiger partial charge in [0.1, 0.15) is 0 Å². The number of carbonyl (C=O) groups excluding carboxylic acids is 2. The molecular formula is C20H28N2O3. The van der Waals surface area contributed by atoms with Crippen molar-refractivity contribution in [1.29, 1.82) is 0 Å². The van der Waals surface area contributed by atoms with Crippen molar-refractivity contribution >= 4 is 11.8 Å². The molecule has 2 N–H and O–H groups in total. The van der Waals surface area contributed by atoms with Crippen molar-refractivity contribution in [1.82, 2.24) is 10.2 Å². The van der Waals surface area contributed by atoms with Crippen LogP contribution in [0.1, 0.15) is 56.0 Å². The fourth-order valence-corrected chi connectivity index (χ4v) is 3.18. The lowest BCUT2D eigenvalue weighted by Crippen LogP contribution is -2.37. The molecule has 1 fully saturated rings. The third kappa shape index (κ3) is 5.71. The minimum Gasteiger partial charge on any atom is -0.393 e. The van der Waals surface area contributed by atoms with E-state index in [1.165, 1.54) is 0 Å². The number of nitrogens with zero attached hydrogens (tertiary/aromatic N) is 1. The summed E-state index contributed by atoms with van der Waals surface area (Å²) in [6, 6.07) is 7.48. The number of aliphatic hydroxyl groups is 1. The summed E-state index contributed by atoms with van der Waals surface area (Å²) in [5.74, 6) is -0.0959. The van der Waals surface area contributed by atoms with Gasteiger partial charge in [-0.3, -0.25) is 9.59 Å². The van der Waals surface area contributed by atoms with Gasteiger partial charge in [0.15, 0.2) is 0 Å². The summed E-state index contributed by atoms with van der Waals surface area (Å²) in [6.45, 7) is 6.70. The van der Waals surface area contributed by atoms with Crippen LogP contribution in [-0.4, -0.2) is 40.5 Å². The van der Waals surface area contributed by atoms with Crippen molar-refractivity contribution in [2.24, 2.45) is 0 Å². The van der Waals surface area contributed by atoms with Gasteiger partial charge >= 0.3 is 0 Å². The second-order valence-electron chi connectivity index (χ2n) is 7.02. The average molecular weight is 344 g/mol. The molecular weight excluding hydrogens is 316 g/mol. The van der Waals surface area contributed by atoms with Crippen LogP contribution in [0.15, 0.2) is 35.9 Å². The van der Waals surface area contributed by atoms with Crippen molar-refractivity contribution in [3.8, 4) is 0 Å². The van der Waals surface area contributed by atoms with Crippen LogP contribution in [0.2, 0.25) is 0 Å². The van der Waals surface area contributed by atoms with Crippen molar-refractivity contribution in [3.05, 3.63) is 47.0 Å². The normalized spacial score (nSPS) is 17.9. The fourth-order valence-electron chi connectivity index (χ4n) is 3.18. The summed E-state index contributed by atoms with van der Waals surface area (Å²) < 4.78 is 0. The van der Waals surface area contributed by atoms with Gasteiger partial charge in [0.25, 0.3) is 5.91 Å². The maximum Gasteiger partial charge on any atom is 0.254 e. The Balaban J connectivity index is 1.96. The second kappa shape index (κ2) is 8.81. The number of likely N-dealkylation sites (tertiary alicyclic amines) is 1. The largest absolute Gasteiger partial charge is 0.393 e. The average Bonchev–Trinajstić information content (AvgIpc) is 2.99. The van der Waals surface area contributed by atoms with Crippen molar-refractivity contribution < 1.29 is 14.7 Å². The van der Waals surface area contributed by atoms with Crippen LogP contribution in [0.3, 0.4) is 0 Å². The monoisotopic (exact) mass is 344 g/mol. The van der Waals surface area contributed by atoms with Gasteiger partial charge in [-0.25, -0.2) is 0 Å². The smallest absolute Gasteiger partial charge is 0.254 e. The zero-order chi connectivity index (χ0) is 18.4. The van der Waals surface area contributed by atoms with Gasteiger partial charge in [-0.1, -0.05) is 17.7 Å². The molecule has 0 saturated carbocycles.